The lowest BCUT2D eigenvalue weighted by Crippen LogP contribution is -2.33. The molecule has 1 fully saturated rings. The maximum atomic E-state index is 5.44. The number of hydrogen-bond acceptors (Lipinski definition) is 4. The average molecular weight is 262 g/mol. The molecule has 2 unspecified atom stereocenters. The Hall–Kier alpha value is -1.26. The number of nitrogens with zero attached hydrogens (tertiary/aromatic N) is 1. The van der Waals surface area contributed by atoms with Crippen molar-refractivity contribution in [2.75, 3.05) is 26.9 Å². The SMILES string of the molecule is CNCC1CCN(Cc2ccc3c(c2)OCO3)C1C. The van der Waals surface area contributed by atoms with Gasteiger partial charge >= 0.3 is 0 Å². The number of hydrogen-bond donors (Lipinski definition) is 1. The maximum absolute atomic E-state index is 5.44. The zero-order chi connectivity index (χ0) is 13.2. The summed E-state index contributed by atoms with van der Waals surface area (Å²) in [5.74, 6) is 2.52. The Labute approximate surface area is 114 Å². The summed E-state index contributed by atoms with van der Waals surface area (Å²) in [5, 5.41) is 3.30. The van der Waals surface area contributed by atoms with Crippen molar-refractivity contribution in [3.05, 3.63) is 23.8 Å². The van der Waals surface area contributed by atoms with Crippen LogP contribution < -0.4 is 14.8 Å². The standard InChI is InChI=1S/C15H22N2O2/c1-11-13(8-16-2)5-6-17(11)9-12-3-4-14-15(7-12)19-10-18-14/h3-4,7,11,13,16H,5-6,8-10H2,1-2H3. The molecule has 19 heavy (non-hydrogen) atoms. The summed E-state index contributed by atoms with van der Waals surface area (Å²) in [6.07, 6.45) is 1.28. The van der Waals surface area contributed by atoms with Crippen molar-refractivity contribution in [1.82, 2.24) is 10.2 Å². The number of rotatable bonds is 4. The Kier molecular flexibility index (Phi) is 3.62. The normalized spacial score (nSPS) is 26.0. The molecule has 4 nitrogen and oxygen atoms in total. The summed E-state index contributed by atoms with van der Waals surface area (Å²) in [4.78, 5) is 2.56. The average Bonchev–Trinajstić information content (AvgIpc) is 3.00. The third kappa shape index (κ3) is 2.55. The Balaban J connectivity index is 1.65. The van der Waals surface area contributed by atoms with Crippen LogP contribution in [0.1, 0.15) is 18.9 Å². The second-order valence-corrected chi connectivity index (χ2v) is 5.51. The van der Waals surface area contributed by atoms with Gasteiger partial charge in [-0.3, -0.25) is 4.90 Å². The highest BCUT2D eigenvalue weighted by molar-refractivity contribution is 5.44. The third-order valence-electron chi connectivity index (χ3n) is 4.33. The van der Waals surface area contributed by atoms with Crippen molar-refractivity contribution in [2.24, 2.45) is 5.92 Å². The van der Waals surface area contributed by atoms with Gasteiger partial charge in [-0.05, 0) is 57.1 Å². The van der Waals surface area contributed by atoms with Gasteiger partial charge in [0.1, 0.15) is 0 Å². The topological polar surface area (TPSA) is 33.7 Å². The van der Waals surface area contributed by atoms with Gasteiger partial charge in [-0.15, -0.1) is 0 Å². The van der Waals surface area contributed by atoms with E-state index in [1.54, 1.807) is 0 Å². The fourth-order valence-corrected chi connectivity index (χ4v) is 3.11. The van der Waals surface area contributed by atoms with Crippen molar-refractivity contribution in [2.45, 2.75) is 25.9 Å². The fourth-order valence-electron chi connectivity index (χ4n) is 3.11. The summed E-state index contributed by atoms with van der Waals surface area (Å²) < 4.78 is 10.8. The molecule has 2 aliphatic rings. The monoisotopic (exact) mass is 262 g/mol. The minimum atomic E-state index is 0.350. The molecule has 0 bridgehead atoms. The summed E-state index contributed by atoms with van der Waals surface area (Å²) in [5.41, 5.74) is 1.31. The number of benzene rings is 1. The van der Waals surface area contributed by atoms with Crippen LogP contribution in [0, 0.1) is 5.92 Å². The van der Waals surface area contributed by atoms with Crippen LogP contribution >= 0.6 is 0 Å². The molecule has 0 amide bonds. The molecule has 1 saturated heterocycles. The van der Waals surface area contributed by atoms with Crippen LogP contribution in [0.15, 0.2) is 18.2 Å². The number of likely N-dealkylation sites (tertiary alicyclic amines) is 1. The van der Waals surface area contributed by atoms with Crippen molar-refractivity contribution in [3.8, 4) is 11.5 Å². The van der Waals surface area contributed by atoms with E-state index in [9.17, 15) is 0 Å². The second-order valence-electron chi connectivity index (χ2n) is 5.51. The molecule has 1 aromatic carbocycles. The predicted octanol–water partition coefficient (Wildman–Crippen LogP) is 1.85. The van der Waals surface area contributed by atoms with E-state index in [2.05, 4.69) is 29.3 Å². The lowest BCUT2D eigenvalue weighted by atomic mass is 10.0. The van der Waals surface area contributed by atoms with E-state index in [1.165, 1.54) is 18.5 Å². The van der Waals surface area contributed by atoms with E-state index in [0.29, 0.717) is 12.8 Å². The van der Waals surface area contributed by atoms with E-state index in [1.807, 2.05) is 13.1 Å². The summed E-state index contributed by atoms with van der Waals surface area (Å²) in [6, 6.07) is 6.91. The molecule has 0 spiro atoms. The van der Waals surface area contributed by atoms with Crippen LogP contribution in [0.4, 0.5) is 0 Å². The number of nitrogens with one attached hydrogen (secondary N) is 1. The minimum absolute atomic E-state index is 0.350. The lowest BCUT2D eigenvalue weighted by molar-refractivity contribution is 0.174. The molecule has 1 N–H and O–H groups in total. The van der Waals surface area contributed by atoms with Crippen molar-refractivity contribution >= 4 is 0 Å². The predicted molar refractivity (Wildman–Crippen MR) is 74.5 cm³/mol. The first-order valence-corrected chi connectivity index (χ1v) is 7.05. The zero-order valence-electron chi connectivity index (χ0n) is 11.7. The van der Waals surface area contributed by atoms with Gasteiger partial charge in [0.25, 0.3) is 0 Å². The Morgan fingerprint density at radius 3 is 3.00 bits per heavy atom. The summed E-state index contributed by atoms with van der Waals surface area (Å²) >= 11 is 0. The van der Waals surface area contributed by atoms with Crippen LogP contribution in [0.2, 0.25) is 0 Å². The van der Waals surface area contributed by atoms with Gasteiger partial charge in [-0.1, -0.05) is 6.07 Å². The van der Waals surface area contributed by atoms with Crippen LogP contribution in [0.5, 0.6) is 11.5 Å². The van der Waals surface area contributed by atoms with Crippen LogP contribution in [-0.2, 0) is 6.54 Å². The number of ether oxygens (including phenoxy) is 2. The van der Waals surface area contributed by atoms with Crippen LogP contribution in [-0.4, -0.2) is 37.9 Å². The molecule has 0 saturated carbocycles. The highest BCUT2D eigenvalue weighted by Crippen LogP contribution is 2.33. The smallest absolute Gasteiger partial charge is 0.231 e. The van der Waals surface area contributed by atoms with Gasteiger partial charge in [0.05, 0.1) is 0 Å². The zero-order valence-corrected chi connectivity index (χ0v) is 11.7. The summed E-state index contributed by atoms with van der Waals surface area (Å²) in [7, 11) is 2.03. The molecular formula is C15H22N2O2. The number of fused-ring (bicyclic) bond motifs is 1. The van der Waals surface area contributed by atoms with Crippen molar-refractivity contribution in [1.29, 1.82) is 0 Å². The molecule has 2 heterocycles. The van der Waals surface area contributed by atoms with E-state index < -0.39 is 0 Å². The molecule has 0 radical (unpaired) electrons. The third-order valence-corrected chi connectivity index (χ3v) is 4.33. The molecule has 2 atom stereocenters. The van der Waals surface area contributed by atoms with E-state index >= 15 is 0 Å². The van der Waals surface area contributed by atoms with Gasteiger partial charge in [0, 0.05) is 12.6 Å². The molecule has 0 aliphatic carbocycles. The lowest BCUT2D eigenvalue weighted by Gasteiger charge is -2.24. The Morgan fingerprint density at radius 2 is 2.16 bits per heavy atom. The van der Waals surface area contributed by atoms with E-state index in [4.69, 9.17) is 9.47 Å². The Bertz CT molecular complexity index is 450. The first-order chi connectivity index (χ1) is 9.28. The van der Waals surface area contributed by atoms with E-state index in [0.717, 1.165) is 30.5 Å². The molecule has 0 aromatic heterocycles. The minimum Gasteiger partial charge on any atom is -0.454 e. The second kappa shape index (κ2) is 5.39. The first-order valence-electron chi connectivity index (χ1n) is 7.05. The molecule has 1 aromatic rings. The molecule has 2 aliphatic heterocycles. The van der Waals surface area contributed by atoms with Crippen molar-refractivity contribution in [3.63, 3.8) is 0 Å². The van der Waals surface area contributed by atoms with Gasteiger partial charge in [0.15, 0.2) is 11.5 Å². The Morgan fingerprint density at radius 1 is 1.32 bits per heavy atom. The van der Waals surface area contributed by atoms with E-state index in [-0.39, 0.29) is 0 Å². The highest BCUT2D eigenvalue weighted by atomic mass is 16.7. The quantitative estimate of drug-likeness (QED) is 0.898. The summed E-state index contributed by atoms with van der Waals surface area (Å²) in [6.45, 7) is 5.98. The molecule has 3 rings (SSSR count). The molecule has 104 valence electrons. The largest absolute Gasteiger partial charge is 0.454 e. The fraction of sp³-hybridized carbons (Fsp3) is 0.600. The van der Waals surface area contributed by atoms with Gasteiger partial charge in [0.2, 0.25) is 6.79 Å². The molecule has 4 heteroatoms. The maximum Gasteiger partial charge on any atom is 0.231 e. The highest BCUT2D eigenvalue weighted by Gasteiger charge is 2.30. The molecular weight excluding hydrogens is 240 g/mol. The van der Waals surface area contributed by atoms with Crippen LogP contribution in [0.3, 0.4) is 0 Å². The first kappa shape index (κ1) is 12.8. The van der Waals surface area contributed by atoms with Gasteiger partial charge in [-0.25, -0.2) is 0 Å². The van der Waals surface area contributed by atoms with Gasteiger partial charge in [-0.2, -0.15) is 0 Å². The van der Waals surface area contributed by atoms with Crippen molar-refractivity contribution < 1.29 is 9.47 Å². The van der Waals surface area contributed by atoms with Gasteiger partial charge < -0.3 is 14.8 Å². The van der Waals surface area contributed by atoms with Crippen LogP contribution in [0.25, 0.3) is 0 Å².